The Labute approximate surface area is 90.2 Å². The van der Waals surface area contributed by atoms with E-state index in [1.54, 1.807) is 20.8 Å². The highest BCUT2D eigenvalue weighted by atomic mass is 17.0. The predicted molar refractivity (Wildman–Crippen MR) is 54.4 cm³/mol. The van der Waals surface area contributed by atoms with Crippen LogP contribution in [0.5, 0.6) is 0 Å². The summed E-state index contributed by atoms with van der Waals surface area (Å²) in [7, 11) is 0. The lowest BCUT2D eigenvalue weighted by molar-refractivity contribution is -0.348. The maximum Gasteiger partial charge on any atom is 0.335 e. The highest BCUT2D eigenvalue weighted by Gasteiger charge is 2.19. The van der Waals surface area contributed by atoms with Crippen molar-refractivity contribution in [1.29, 1.82) is 0 Å². The third-order valence-corrected chi connectivity index (χ3v) is 1.38. The van der Waals surface area contributed by atoms with Crippen LogP contribution in [-0.4, -0.2) is 23.2 Å². The topological polar surface area (TPSA) is 55.8 Å². The standard InChI is InChI=1S/C10H19NO4/c1-5-6-7-9(13)14-11(8-12)15-10(2,3)4/h8H,5-7H2,1-4H3. The molecule has 0 aromatic carbocycles. The molecule has 15 heavy (non-hydrogen) atoms. The molecular formula is C10H19NO4. The van der Waals surface area contributed by atoms with Crippen LogP contribution in [0.25, 0.3) is 0 Å². The predicted octanol–water partition coefficient (Wildman–Crippen LogP) is 1.82. The molecular weight excluding hydrogens is 198 g/mol. The first-order chi connectivity index (χ1) is 6.89. The third-order valence-electron chi connectivity index (χ3n) is 1.38. The molecule has 0 radical (unpaired) electrons. The lowest BCUT2D eigenvalue weighted by atomic mass is 10.2. The Kier molecular flexibility index (Phi) is 5.93. The second-order valence-corrected chi connectivity index (χ2v) is 4.16. The third kappa shape index (κ3) is 7.93. The molecule has 1 amide bonds. The van der Waals surface area contributed by atoms with Crippen molar-refractivity contribution in [1.82, 2.24) is 5.23 Å². The van der Waals surface area contributed by atoms with E-state index in [4.69, 9.17) is 4.84 Å². The minimum absolute atomic E-state index is 0.286. The zero-order chi connectivity index (χ0) is 11.9. The summed E-state index contributed by atoms with van der Waals surface area (Å²) in [5.74, 6) is -0.465. The van der Waals surface area contributed by atoms with Crippen molar-refractivity contribution >= 4 is 12.4 Å². The average molecular weight is 217 g/mol. The molecule has 0 N–H and O–H groups in total. The van der Waals surface area contributed by atoms with Crippen LogP contribution < -0.4 is 0 Å². The molecule has 0 saturated heterocycles. The van der Waals surface area contributed by atoms with Crippen LogP contribution in [0.2, 0.25) is 0 Å². The fraction of sp³-hybridized carbons (Fsp3) is 0.800. The first-order valence-electron chi connectivity index (χ1n) is 5.03. The number of hydroxylamine groups is 2. The monoisotopic (exact) mass is 217 g/mol. The highest BCUT2D eigenvalue weighted by molar-refractivity contribution is 5.69. The van der Waals surface area contributed by atoms with Gasteiger partial charge >= 0.3 is 5.97 Å². The molecule has 0 aromatic heterocycles. The number of nitrogens with zero attached hydrogens (tertiary/aromatic N) is 1. The molecule has 0 aliphatic rings. The minimum Gasteiger partial charge on any atom is -0.312 e. The Morgan fingerprint density at radius 1 is 1.40 bits per heavy atom. The lowest BCUT2D eigenvalue weighted by Crippen LogP contribution is -2.34. The van der Waals surface area contributed by atoms with E-state index in [-0.39, 0.29) is 6.42 Å². The van der Waals surface area contributed by atoms with E-state index in [0.29, 0.717) is 11.6 Å². The second kappa shape index (κ2) is 6.40. The zero-order valence-electron chi connectivity index (χ0n) is 9.78. The lowest BCUT2D eigenvalue weighted by Gasteiger charge is -2.24. The second-order valence-electron chi connectivity index (χ2n) is 4.16. The summed E-state index contributed by atoms with van der Waals surface area (Å²) >= 11 is 0. The number of hydrogen-bond acceptors (Lipinski definition) is 4. The van der Waals surface area contributed by atoms with Gasteiger partial charge in [0.15, 0.2) is 0 Å². The molecule has 0 atom stereocenters. The fourth-order valence-electron chi connectivity index (χ4n) is 0.799. The molecule has 0 bridgehead atoms. The Morgan fingerprint density at radius 2 is 2.00 bits per heavy atom. The van der Waals surface area contributed by atoms with Crippen LogP contribution in [0, 0.1) is 0 Å². The van der Waals surface area contributed by atoms with Gasteiger partial charge in [-0.3, -0.25) is 4.79 Å². The molecule has 5 nitrogen and oxygen atoms in total. The van der Waals surface area contributed by atoms with E-state index >= 15 is 0 Å². The van der Waals surface area contributed by atoms with Crippen LogP contribution >= 0.6 is 0 Å². The summed E-state index contributed by atoms with van der Waals surface area (Å²) < 4.78 is 0. The summed E-state index contributed by atoms with van der Waals surface area (Å²) in [6, 6.07) is 0. The molecule has 0 saturated carbocycles. The van der Waals surface area contributed by atoms with Crippen molar-refractivity contribution in [3.8, 4) is 0 Å². The van der Waals surface area contributed by atoms with Gasteiger partial charge in [-0.05, 0) is 32.4 Å². The molecule has 5 heteroatoms. The first-order valence-corrected chi connectivity index (χ1v) is 5.03. The van der Waals surface area contributed by atoms with Crippen LogP contribution in [0.15, 0.2) is 0 Å². The van der Waals surface area contributed by atoms with Gasteiger partial charge < -0.3 is 4.84 Å². The van der Waals surface area contributed by atoms with Crippen LogP contribution in [0.4, 0.5) is 0 Å². The van der Waals surface area contributed by atoms with Crippen molar-refractivity contribution in [3.63, 3.8) is 0 Å². The van der Waals surface area contributed by atoms with E-state index in [9.17, 15) is 9.59 Å². The van der Waals surface area contributed by atoms with Gasteiger partial charge in [0.25, 0.3) is 6.41 Å². The Hall–Kier alpha value is -1.10. The summed E-state index contributed by atoms with van der Waals surface area (Å²) in [5, 5.41) is 0.567. The van der Waals surface area contributed by atoms with Gasteiger partial charge in [-0.15, -0.1) is 0 Å². The Morgan fingerprint density at radius 3 is 2.40 bits per heavy atom. The Bertz CT molecular complexity index is 210. The molecule has 0 aromatic rings. The van der Waals surface area contributed by atoms with E-state index in [2.05, 4.69) is 4.84 Å². The van der Waals surface area contributed by atoms with Crippen LogP contribution in [0.1, 0.15) is 47.0 Å². The van der Waals surface area contributed by atoms with Gasteiger partial charge in [-0.25, -0.2) is 9.63 Å². The smallest absolute Gasteiger partial charge is 0.312 e. The minimum atomic E-state index is -0.577. The number of amides is 1. The van der Waals surface area contributed by atoms with E-state index < -0.39 is 11.6 Å². The van der Waals surface area contributed by atoms with Crippen LogP contribution in [-0.2, 0) is 19.3 Å². The van der Waals surface area contributed by atoms with E-state index in [0.717, 1.165) is 12.8 Å². The first kappa shape index (κ1) is 13.9. The molecule has 0 heterocycles. The number of rotatable bonds is 6. The van der Waals surface area contributed by atoms with Gasteiger partial charge in [-0.1, -0.05) is 13.3 Å². The molecule has 0 spiro atoms. The summed E-state index contributed by atoms with van der Waals surface area (Å²) in [6.45, 7) is 7.23. The number of carbonyl (C=O) groups is 2. The Balaban J connectivity index is 3.99. The normalized spacial score (nSPS) is 10.9. The van der Waals surface area contributed by atoms with Gasteiger partial charge in [-0.2, -0.15) is 0 Å². The van der Waals surface area contributed by atoms with Crippen molar-refractivity contribution in [3.05, 3.63) is 0 Å². The molecule has 0 fully saturated rings. The van der Waals surface area contributed by atoms with Crippen molar-refractivity contribution in [2.45, 2.75) is 52.6 Å². The van der Waals surface area contributed by atoms with E-state index in [1.807, 2.05) is 6.92 Å². The van der Waals surface area contributed by atoms with Gasteiger partial charge in [0.2, 0.25) is 0 Å². The van der Waals surface area contributed by atoms with Crippen molar-refractivity contribution in [2.75, 3.05) is 0 Å². The van der Waals surface area contributed by atoms with Crippen LogP contribution in [0.3, 0.4) is 0 Å². The fourth-order valence-corrected chi connectivity index (χ4v) is 0.799. The molecule has 0 aliphatic heterocycles. The zero-order valence-corrected chi connectivity index (χ0v) is 9.78. The van der Waals surface area contributed by atoms with Gasteiger partial charge in [0.1, 0.15) is 0 Å². The molecule has 88 valence electrons. The summed E-state index contributed by atoms with van der Waals surface area (Å²) in [6.07, 6.45) is 2.25. The average Bonchev–Trinajstić information content (AvgIpc) is 2.11. The molecule has 0 aliphatic carbocycles. The number of hydrogen-bond donors (Lipinski definition) is 0. The molecule has 0 rings (SSSR count). The van der Waals surface area contributed by atoms with Crippen molar-refractivity contribution in [2.24, 2.45) is 0 Å². The number of carbonyl (C=O) groups excluding carboxylic acids is 2. The maximum atomic E-state index is 11.2. The number of unbranched alkanes of at least 4 members (excludes halogenated alkanes) is 1. The van der Waals surface area contributed by atoms with E-state index in [1.165, 1.54) is 0 Å². The quantitative estimate of drug-likeness (QED) is 0.503. The maximum absolute atomic E-state index is 11.2. The van der Waals surface area contributed by atoms with Gasteiger partial charge in [0, 0.05) is 6.42 Å². The largest absolute Gasteiger partial charge is 0.335 e. The summed E-state index contributed by atoms with van der Waals surface area (Å²) in [5.41, 5.74) is -0.577. The van der Waals surface area contributed by atoms with Gasteiger partial charge in [0.05, 0.1) is 5.60 Å². The SMILES string of the molecule is CCCCC(=O)ON(C=O)OC(C)(C)C. The van der Waals surface area contributed by atoms with Crippen molar-refractivity contribution < 1.29 is 19.3 Å². The summed E-state index contributed by atoms with van der Waals surface area (Å²) in [4.78, 5) is 31.4. The highest BCUT2D eigenvalue weighted by Crippen LogP contribution is 2.10. The molecule has 0 unspecified atom stereocenters.